The van der Waals surface area contributed by atoms with Crippen LogP contribution >= 0.6 is 11.8 Å². The van der Waals surface area contributed by atoms with Crippen LogP contribution in [0.15, 0.2) is 52.5 Å². The highest BCUT2D eigenvalue weighted by Gasteiger charge is 2.27. The maximum Gasteiger partial charge on any atom is 0.243 e. The molecular weight excluding hydrogens is 458 g/mol. The number of morpholine rings is 1. The molecule has 0 aliphatic carbocycles. The molecule has 0 radical (unpaired) electrons. The van der Waals surface area contributed by atoms with Crippen molar-refractivity contribution in [3.05, 3.63) is 53.6 Å². The molecule has 2 heterocycles. The molecule has 0 spiro atoms. The molecule has 0 unspecified atom stereocenters. The Balaban J connectivity index is 1.63. The molecular formula is C24H31N3O4S2. The predicted octanol–water partition coefficient (Wildman–Crippen LogP) is 4.08. The van der Waals surface area contributed by atoms with E-state index in [2.05, 4.69) is 29.7 Å². The van der Waals surface area contributed by atoms with Crippen LogP contribution in [0.4, 0.5) is 0 Å². The van der Waals surface area contributed by atoms with E-state index in [0.29, 0.717) is 45.0 Å². The number of aromatic nitrogens is 2. The van der Waals surface area contributed by atoms with Gasteiger partial charge in [-0.1, -0.05) is 36.0 Å². The Morgan fingerprint density at radius 2 is 1.94 bits per heavy atom. The van der Waals surface area contributed by atoms with Gasteiger partial charge < -0.3 is 14.0 Å². The minimum atomic E-state index is -3.56. The largest absolute Gasteiger partial charge is 0.382 e. The van der Waals surface area contributed by atoms with Gasteiger partial charge in [-0.3, -0.25) is 0 Å². The molecule has 4 rings (SSSR count). The predicted molar refractivity (Wildman–Crippen MR) is 131 cm³/mol. The zero-order valence-corrected chi connectivity index (χ0v) is 20.8. The molecule has 0 atom stereocenters. The summed E-state index contributed by atoms with van der Waals surface area (Å²) in [6.07, 6.45) is 0.866. The second-order valence-corrected chi connectivity index (χ2v) is 10.9. The van der Waals surface area contributed by atoms with Crippen LogP contribution in [-0.2, 0) is 31.8 Å². The fourth-order valence-electron chi connectivity index (χ4n) is 3.89. The molecule has 33 heavy (non-hydrogen) atoms. The minimum Gasteiger partial charge on any atom is -0.382 e. The van der Waals surface area contributed by atoms with E-state index in [4.69, 9.17) is 14.5 Å². The van der Waals surface area contributed by atoms with E-state index in [1.807, 2.05) is 19.1 Å². The van der Waals surface area contributed by atoms with Gasteiger partial charge in [0.15, 0.2) is 5.16 Å². The molecule has 7 nitrogen and oxygen atoms in total. The number of imidazole rings is 1. The lowest BCUT2D eigenvalue weighted by atomic mass is 10.1. The van der Waals surface area contributed by atoms with E-state index in [1.165, 1.54) is 15.4 Å². The first-order valence-electron chi connectivity index (χ1n) is 11.3. The van der Waals surface area contributed by atoms with Crippen molar-refractivity contribution in [1.29, 1.82) is 0 Å². The summed E-state index contributed by atoms with van der Waals surface area (Å²) >= 11 is 1.68. The highest BCUT2D eigenvalue weighted by Crippen LogP contribution is 2.30. The van der Waals surface area contributed by atoms with Crippen LogP contribution < -0.4 is 0 Å². The number of thioether (sulfide) groups is 1. The van der Waals surface area contributed by atoms with Gasteiger partial charge >= 0.3 is 0 Å². The van der Waals surface area contributed by atoms with Crippen molar-refractivity contribution in [3.8, 4) is 0 Å². The molecule has 1 aliphatic heterocycles. The Labute approximate surface area is 200 Å². The molecule has 178 valence electrons. The minimum absolute atomic E-state index is 0.284. The number of fused-ring (bicyclic) bond motifs is 1. The summed E-state index contributed by atoms with van der Waals surface area (Å²) in [6, 6.07) is 13.6. The maximum atomic E-state index is 13.1. The fraction of sp³-hybridized carbons (Fsp3) is 0.458. The average molecular weight is 490 g/mol. The van der Waals surface area contributed by atoms with E-state index < -0.39 is 10.0 Å². The first-order chi connectivity index (χ1) is 16.0. The summed E-state index contributed by atoms with van der Waals surface area (Å²) in [6.45, 7) is 7.86. The molecule has 0 bridgehead atoms. The van der Waals surface area contributed by atoms with Crippen LogP contribution in [0.1, 0.15) is 24.5 Å². The van der Waals surface area contributed by atoms with E-state index in [9.17, 15) is 8.42 Å². The Hall–Kier alpha value is -1.91. The first kappa shape index (κ1) is 24.2. The van der Waals surface area contributed by atoms with Crippen molar-refractivity contribution >= 4 is 32.8 Å². The topological polar surface area (TPSA) is 73.7 Å². The van der Waals surface area contributed by atoms with Crippen LogP contribution in [0.3, 0.4) is 0 Å². The van der Waals surface area contributed by atoms with Gasteiger partial charge in [-0.15, -0.1) is 0 Å². The standard InChI is InChI=1S/C24H31N3O4S2/c1-3-30-14-6-11-27-23-10-9-21(33(28,29)26-12-15-31-16-13-26)17-22(23)25-24(27)32-18-20-8-5-4-7-19(20)2/h4-5,7-10,17H,3,6,11-16,18H2,1-2H3. The van der Waals surface area contributed by atoms with Crippen molar-refractivity contribution < 1.29 is 17.9 Å². The number of benzene rings is 2. The number of ether oxygens (including phenoxy) is 2. The summed E-state index contributed by atoms with van der Waals surface area (Å²) in [5.41, 5.74) is 4.17. The van der Waals surface area contributed by atoms with E-state index in [-0.39, 0.29) is 4.90 Å². The lowest BCUT2D eigenvalue weighted by Gasteiger charge is -2.26. The lowest BCUT2D eigenvalue weighted by Crippen LogP contribution is -2.40. The number of aryl methyl sites for hydroxylation is 2. The fourth-order valence-corrected chi connectivity index (χ4v) is 6.44. The van der Waals surface area contributed by atoms with Crippen molar-refractivity contribution in [2.45, 2.75) is 42.6 Å². The van der Waals surface area contributed by atoms with E-state index >= 15 is 0 Å². The number of hydrogen-bond acceptors (Lipinski definition) is 6. The second-order valence-electron chi connectivity index (χ2n) is 7.98. The van der Waals surface area contributed by atoms with Gasteiger partial charge in [0.2, 0.25) is 10.0 Å². The zero-order chi connectivity index (χ0) is 23.3. The van der Waals surface area contributed by atoms with Gasteiger partial charge in [-0.05, 0) is 49.6 Å². The lowest BCUT2D eigenvalue weighted by molar-refractivity contribution is 0.0730. The van der Waals surface area contributed by atoms with E-state index in [0.717, 1.165) is 29.4 Å². The molecule has 1 aromatic heterocycles. The molecule has 9 heteroatoms. The molecule has 1 saturated heterocycles. The van der Waals surface area contributed by atoms with Crippen molar-refractivity contribution in [3.63, 3.8) is 0 Å². The molecule has 3 aromatic rings. The van der Waals surface area contributed by atoms with Gasteiger partial charge in [0.05, 0.1) is 29.1 Å². The van der Waals surface area contributed by atoms with Crippen molar-refractivity contribution in [2.75, 3.05) is 39.5 Å². The highest BCUT2D eigenvalue weighted by molar-refractivity contribution is 7.98. The van der Waals surface area contributed by atoms with Crippen LogP contribution in [0.25, 0.3) is 11.0 Å². The number of sulfonamides is 1. The van der Waals surface area contributed by atoms with Gasteiger partial charge in [0.25, 0.3) is 0 Å². The Kier molecular flexibility index (Phi) is 8.08. The molecule has 2 aromatic carbocycles. The molecule has 1 aliphatic rings. The van der Waals surface area contributed by atoms with E-state index in [1.54, 1.807) is 23.9 Å². The highest BCUT2D eigenvalue weighted by atomic mass is 32.2. The van der Waals surface area contributed by atoms with Crippen molar-refractivity contribution in [1.82, 2.24) is 13.9 Å². The summed E-state index contributed by atoms with van der Waals surface area (Å²) in [7, 11) is -3.56. The maximum absolute atomic E-state index is 13.1. The molecule has 0 amide bonds. The zero-order valence-electron chi connectivity index (χ0n) is 19.2. The van der Waals surface area contributed by atoms with Crippen LogP contribution in [0.5, 0.6) is 0 Å². The van der Waals surface area contributed by atoms with Crippen LogP contribution in [-0.4, -0.2) is 61.8 Å². The normalized spacial score (nSPS) is 15.3. The summed E-state index contributed by atoms with van der Waals surface area (Å²) in [5.74, 6) is 0.806. The Bertz CT molecular complexity index is 1190. The SMILES string of the molecule is CCOCCCn1c(SCc2ccccc2C)nc2cc(S(=O)(=O)N3CCOCC3)ccc21. The number of rotatable bonds is 10. The quantitative estimate of drug-likeness (QED) is 0.316. The molecule has 0 N–H and O–H groups in total. The van der Waals surface area contributed by atoms with Crippen molar-refractivity contribution in [2.24, 2.45) is 0 Å². The summed E-state index contributed by atoms with van der Waals surface area (Å²) in [4.78, 5) is 5.14. The first-order valence-corrected chi connectivity index (χ1v) is 13.8. The third-order valence-corrected chi connectivity index (χ3v) is 8.70. The number of nitrogens with zero attached hydrogens (tertiary/aromatic N) is 3. The number of hydrogen-bond donors (Lipinski definition) is 0. The van der Waals surface area contributed by atoms with Gasteiger partial charge in [-0.2, -0.15) is 4.31 Å². The smallest absolute Gasteiger partial charge is 0.243 e. The molecule has 1 fully saturated rings. The van der Waals surface area contributed by atoms with Gasteiger partial charge in [0, 0.05) is 38.6 Å². The monoisotopic (exact) mass is 489 g/mol. The second kappa shape index (κ2) is 11.0. The third kappa shape index (κ3) is 5.60. The van der Waals surface area contributed by atoms with Crippen LogP contribution in [0, 0.1) is 6.92 Å². The Morgan fingerprint density at radius 3 is 2.70 bits per heavy atom. The molecule has 0 saturated carbocycles. The van der Waals surface area contributed by atoms with Crippen LogP contribution in [0.2, 0.25) is 0 Å². The summed E-state index contributed by atoms with van der Waals surface area (Å²) < 4.78 is 40.8. The summed E-state index contributed by atoms with van der Waals surface area (Å²) in [5, 5.41) is 0.894. The third-order valence-electron chi connectivity index (χ3n) is 5.79. The van der Waals surface area contributed by atoms with Gasteiger partial charge in [-0.25, -0.2) is 13.4 Å². The Morgan fingerprint density at radius 1 is 1.15 bits per heavy atom. The van der Waals surface area contributed by atoms with Gasteiger partial charge in [0.1, 0.15) is 0 Å². The average Bonchev–Trinajstić information content (AvgIpc) is 3.18.